The van der Waals surface area contributed by atoms with Crippen LogP contribution in [0.4, 0.5) is 0 Å². The number of methoxy groups -OCH3 is 1. The van der Waals surface area contributed by atoms with E-state index in [-0.39, 0.29) is 18.6 Å². The van der Waals surface area contributed by atoms with Crippen molar-refractivity contribution >= 4 is 5.91 Å². The first-order valence-electron chi connectivity index (χ1n) is 6.16. The number of carbonyl (C=O) groups is 1. The van der Waals surface area contributed by atoms with Gasteiger partial charge in [-0.05, 0) is 19.3 Å². The lowest BCUT2D eigenvalue weighted by Gasteiger charge is -2.25. The Bertz CT molecular complexity index is 229. The maximum atomic E-state index is 11.8. The van der Waals surface area contributed by atoms with Gasteiger partial charge in [0.1, 0.15) is 0 Å². The van der Waals surface area contributed by atoms with Crippen LogP contribution in [0.2, 0.25) is 0 Å². The van der Waals surface area contributed by atoms with Crippen LogP contribution < -0.4 is 0 Å². The van der Waals surface area contributed by atoms with Crippen molar-refractivity contribution < 1.29 is 19.4 Å². The summed E-state index contributed by atoms with van der Waals surface area (Å²) in [6.07, 6.45) is 3.02. The smallest absolute Gasteiger partial charge is 0.225 e. The SMILES string of the molecule is COCC(O)CN(C)C(=O)CC1CCCCO1. The third kappa shape index (κ3) is 5.48. The summed E-state index contributed by atoms with van der Waals surface area (Å²) >= 11 is 0. The van der Waals surface area contributed by atoms with E-state index in [1.165, 1.54) is 7.11 Å². The quantitative estimate of drug-likeness (QED) is 0.736. The Hall–Kier alpha value is -0.650. The van der Waals surface area contributed by atoms with Crippen molar-refractivity contribution in [3.8, 4) is 0 Å². The maximum Gasteiger partial charge on any atom is 0.225 e. The van der Waals surface area contributed by atoms with Crippen LogP contribution in [0.5, 0.6) is 0 Å². The first kappa shape index (κ1) is 14.4. The van der Waals surface area contributed by atoms with E-state index in [0.717, 1.165) is 25.9 Å². The molecular weight excluding hydrogens is 222 g/mol. The normalized spacial score (nSPS) is 22.2. The zero-order valence-corrected chi connectivity index (χ0v) is 10.7. The molecule has 0 aliphatic carbocycles. The van der Waals surface area contributed by atoms with E-state index in [0.29, 0.717) is 13.0 Å². The Morgan fingerprint density at radius 3 is 2.94 bits per heavy atom. The summed E-state index contributed by atoms with van der Waals surface area (Å²) in [6, 6.07) is 0. The number of aliphatic hydroxyl groups is 1. The number of hydrogen-bond donors (Lipinski definition) is 1. The third-order valence-corrected chi connectivity index (χ3v) is 2.95. The Morgan fingerprint density at radius 1 is 1.59 bits per heavy atom. The Labute approximate surface area is 103 Å². The number of likely N-dealkylation sites (N-methyl/N-ethyl adjacent to an activating group) is 1. The van der Waals surface area contributed by atoms with E-state index in [1.807, 2.05) is 0 Å². The molecule has 2 unspecified atom stereocenters. The molecule has 5 heteroatoms. The van der Waals surface area contributed by atoms with Gasteiger partial charge in [0.15, 0.2) is 0 Å². The number of ether oxygens (including phenoxy) is 2. The minimum atomic E-state index is -0.624. The average Bonchev–Trinajstić information content (AvgIpc) is 2.30. The fraction of sp³-hybridized carbons (Fsp3) is 0.917. The molecule has 0 saturated carbocycles. The van der Waals surface area contributed by atoms with Crippen molar-refractivity contribution in [3.63, 3.8) is 0 Å². The minimum absolute atomic E-state index is 0.0204. The number of nitrogens with zero attached hydrogens (tertiary/aromatic N) is 1. The van der Waals surface area contributed by atoms with Crippen molar-refractivity contribution in [3.05, 3.63) is 0 Å². The summed E-state index contributed by atoms with van der Waals surface area (Å²) in [6.45, 7) is 1.31. The summed E-state index contributed by atoms with van der Waals surface area (Å²) in [5.74, 6) is 0.0204. The molecule has 0 spiro atoms. The van der Waals surface area contributed by atoms with Crippen LogP contribution in [-0.2, 0) is 14.3 Å². The summed E-state index contributed by atoms with van der Waals surface area (Å²) in [4.78, 5) is 13.4. The number of carbonyl (C=O) groups excluding carboxylic acids is 1. The molecule has 0 bridgehead atoms. The summed E-state index contributed by atoms with van der Waals surface area (Å²) in [5, 5.41) is 9.52. The molecule has 0 aromatic heterocycles. The lowest BCUT2D eigenvalue weighted by molar-refractivity contribution is -0.135. The summed E-state index contributed by atoms with van der Waals surface area (Å²) in [7, 11) is 3.23. The van der Waals surface area contributed by atoms with Crippen LogP contribution >= 0.6 is 0 Å². The van der Waals surface area contributed by atoms with E-state index in [1.54, 1.807) is 11.9 Å². The highest BCUT2D eigenvalue weighted by atomic mass is 16.5. The van der Waals surface area contributed by atoms with E-state index >= 15 is 0 Å². The molecule has 0 radical (unpaired) electrons. The molecule has 1 rings (SSSR count). The predicted octanol–water partition coefficient (Wildman–Crippen LogP) is 0.411. The Balaban J connectivity index is 2.25. The van der Waals surface area contributed by atoms with E-state index in [9.17, 15) is 9.90 Å². The van der Waals surface area contributed by atoms with Gasteiger partial charge in [-0.3, -0.25) is 4.79 Å². The molecule has 100 valence electrons. The molecule has 2 atom stereocenters. The summed E-state index contributed by atoms with van der Waals surface area (Å²) < 4.78 is 10.3. The van der Waals surface area contributed by atoms with Gasteiger partial charge in [-0.1, -0.05) is 0 Å². The van der Waals surface area contributed by atoms with Crippen LogP contribution in [0.3, 0.4) is 0 Å². The highest BCUT2D eigenvalue weighted by Gasteiger charge is 2.21. The standard InChI is InChI=1S/C12H23NO4/c1-13(8-10(14)9-16-2)12(15)7-11-5-3-4-6-17-11/h10-11,14H,3-9H2,1-2H3. The number of aliphatic hydroxyl groups excluding tert-OH is 1. The van der Waals surface area contributed by atoms with Crippen LogP contribution in [0, 0.1) is 0 Å². The van der Waals surface area contributed by atoms with Gasteiger partial charge in [0.05, 0.1) is 25.2 Å². The number of hydrogen-bond acceptors (Lipinski definition) is 4. The monoisotopic (exact) mass is 245 g/mol. The van der Waals surface area contributed by atoms with Gasteiger partial charge in [-0.2, -0.15) is 0 Å². The second kappa shape index (κ2) is 7.63. The van der Waals surface area contributed by atoms with E-state index in [4.69, 9.17) is 9.47 Å². The maximum absolute atomic E-state index is 11.8. The molecule has 1 aliphatic rings. The van der Waals surface area contributed by atoms with Gasteiger partial charge in [-0.25, -0.2) is 0 Å². The van der Waals surface area contributed by atoms with Crippen molar-refractivity contribution in [1.82, 2.24) is 4.90 Å². The number of amides is 1. The van der Waals surface area contributed by atoms with Gasteiger partial charge in [0.25, 0.3) is 0 Å². The first-order valence-corrected chi connectivity index (χ1v) is 6.16. The molecule has 1 heterocycles. The molecule has 1 amide bonds. The lowest BCUT2D eigenvalue weighted by Crippen LogP contribution is -2.38. The molecule has 1 saturated heterocycles. The molecule has 17 heavy (non-hydrogen) atoms. The van der Waals surface area contributed by atoms with Gasteiger partial charge < -0.3 is 19.5 Å². The zero-order valence-electron chi connectivity index (χ0n) is 10.7. The van der Waals surface area contributed by atoms with Gasteiger partial charge >= 0.3 is 0 Å². The third-order valence-electron chi connectivity index (χ3n) is 2.95. The number of rotatable bonds is 6. The van der Waals surface area contributed by atoms with Gasteiger partial charge in [0.2, 0.25) is 5.91 Å². The largest absolute Gasteiger partial charge is 0.389 e. The van der Waals surface area contributed by atoms with Crippen molar-refractivity contribution in [1.29, 1.82) is 0 Å². The molecule has 1 N–H and O–H groups in total. The molecular formula is C12H23NO4. The lowest BCUT2D eigenvalue weighted by atomic mass is 10.1. The molecule has 0 aromatic rings. The summed E-state index contributed by atoms with van der Waals surface area (Å²) in [5.41, 5.74) is 0. The van der Waals surface area contributed by atoms with Gasteiger partial charge in [-0.15, -0.1) is 0 Å². The van der Waals surface area contributed by atoms with Crippen LogP contribution in [0.25, 0.3) is 0 Å². The molecule has 1 fully saturated rings. The topological polar surface area (TPSA) is 59.0 Å². The van der Waals surface area contributed by atoms with Gasteiger partial charge in [0, 0.05) is 27.3 Å². The fourth-order valence-electron chi connectivity index (χ4n) is 1.98. The van der Waals surface area contributed by atoms with Crippen LogP contribution in [0.1, 0.15) is 25.7 Å². The zero-order chi connectivity index (χ0) is 12.7. The average molecular weight is 245 g/mol. The molecule has 5 nitrogen and oxygen atoms in total. The molecule has 1 aliphatic heterocycles. The second-order valence-electron chi connectivity index (χ2n) is 4.58. The fourth-order valence-corrected chi connectivity index (χ4v) is 1.98. The predicted molar refractivity (Wildman–Crippen MR) is 63.7 cm³/mol. The minimum Gasteiger partial charge on any atom is -0.389 e. The van der Waals surface area contributed by atoms with Crippen LogP contribution in [-0.4, -0.2) is 62.0 Å². The second-order valence-corrected chi connectivity index (χ2v) is 4.58. The van der Waals surface area contributed by atoms with E-state index < -0.39 is 6.10 Å². The Kier molecular flexibility index (Phi) is 6.47. The molecule has 0 aromatic carbocycles. The Morgan fingerprint density at radius 2 is 2.35 bits per heavy atom. The first-order chi connectivity index (χ1) is 8.13. The highest BCUT2D eigenvalue weighted by Crippen LogP contribution is 2.16. The van der Waals surface area contributed by atoms with Crippen LogP contribution in [0.15, 0.2) is 0 Å². The van der Waals surface area contributed by atoms with Crippen molar-refractivity contribution in [2.75, 3.05) is 33.9 Å². The highest BCUT2D eigenvalue weighted by molar-refractivity contribution is 5.76. The van der Waals surface area contributed by atoms with Crippen molar-refractivity contribution in [2.45, 2.75) is 37.9 Å². The van der Waals surface area contributed by atoms with E-state index in [2.05, 4.69) is 0 Å². The van der Waals surface area contributed by atoms with Crippen molar-refractivity contribution in [2.24, 2.45) is 0 Å².